The minimum Gasteiger partial charge on any atom is -0.502 e. The van der Waals surface area contributed by atoms with E-state index in [-0.39, 0.29) is 17.1 Å². The van der Waals surface area contributed by atoms with Crippen LogP contribution in [0.3, 0.4) is 0 Å². The predicted octanol–water partition coefficient (Wildman–Crippen LogP) is 1.83. The van der Waals surface area contributed by atoms with E-state index in [4.69, 9.17) is 5.84 Å². The summed E-state index contributed by atoms with van der Waals surface area (Å²) in [7, 11) is 0. The maximum atomic E-state index is 11.0. The molecule has 10 nitrogen and oxygen atoms in total. The number of aromatic hydroxyl groups is 1. The standard InChI is InChI=1S/C16H11N7O3/c17-20-12(9-5-3-7-11(14(9)24)23(25)26)16-19-15-13(21-22-16)8-4-1-2-6-10(8)18-15/h1-7,24H,17H2,(H,18,19,22)/b20-12+. The summed E-state index contributed by atoms with van der Waals surface area (Å²) in [6.07, 6.45) is 0. The van der Waals surface area contributed by atoms with Crippen molar-refractivity contribution in [3.63, 3.8) is 0 Å². The van der Waals surface area contributed by atoms with Crippen molar-refractivity contribution in [3.8, 4) is 5.75 Å². The maximum Gasteiger partial charge on any atom is 0.311 e. The minimum absolute atomic E-state index is 0.0146. The minimum atomic E-state index is -0.701. The smallest absolute Gasteiger partial charge is 0.311 e. The van der Waals surface area contributed by atoms with Gasteiger partial charge in [0.2, 0.25) is 11.6 Å². The lowest BCUT2D eigenvalue weighted by molar-refractivity contribution is -0.385. The molecule has 2 aromatic carbocycles. The van der Waals surface area contributed by atoms with Crippen molar-refractivity contribution in [3.05, 3.63) is 64.0 Å². The van der Waals surface area contributed by atoms with E-state index in [9.17, 15) is 15.2 Å². The number of phenolic OH excluding ortho intramolecular Hbond substituents is 1. The largest absolute Gasteiger partial charge is 0.502 e. The lowest BCUT2D eigenvalue weighted by Crippen LogP contribution is -2.13. The van der Waals surface area contributed by atoms with Crippen LogP contribution in [0, 0.1) is 10.1 Å². The number of phenols is 1. The number of rotatable bonds is 3. The lowest BCUT2D eigenvalue weighted by atomic mass is 10.1. The third kappa shape index (κ3) is 2.28. The molecule has 0 radical (unpaired) electrons. The summed E-state index contributed by atoms with van der Waals surface area (Å²) in [5.74, 6) is 4.90. The Kier molecular flexibility index (Phi) is 3.43. The number of nitrogens with one attached hydrogen (secondary N) is 1. The molecule has 0 saturated heterocycles. The van der Waals surface area contributed by atoms with Gasteiger partial charge in [-0.2, -0.15) is 5.10 Å². The van der Waals surface area contributed by atoms with Gasteiger partial charge in [-0.1, -0.05) is 24.3 Å². The van der Waals surface area contributed by atoms with E-state index in [1.165, 1.54) is 18.2 Å². The monoisotopic (exact) mass is 349 g/mol. The highest BCUT2D eigenvalue weighted by atomic mass is 16.6. The van der Waals surface area contributed by atoms with Crippen LogP contribution in [0.25, 0.3) is 22.1 Å². The van der Waals surface area contributed by atoms with E-state index in [1.807, 2.05) is 24.3 Å². The molecule has 128 valence electrons. The molecule has 0 spiro atoms. The van der Waals surface area contributed by atoms with E-state index < -0.39 is 16.4 Å². The van der Waals surface area contributed by atoms with Gasteiger partial charge in [0.05, 0.1) is 10.5 Å². The van der Waals surface area contributed by atoms with Crippen molar-refractivity contribution < 1.29 is 10.0 Å². The van der Waals surface area contributed by atoms with Gasteiger partial charge in [-0.3, -0.25) is 10.1 Å². The molecule has 0 saturated carbocycles. The summed E-state index contributed by atoms with van der Waals surface area (Å²) < 4.78 is 0. The predicted molar refractivity (Wildman–Crippen MR) is 93.8 cm³/mol. The summed E-state index contributed by atoms with van der Waals surface area (Å²) in [5, 5.41) is 33.8. The van der Waals surface area contributed by atoms with Gasteiger partial charge in [0.1, 0.15) is 11.2 Å². The van der Waals surface area contributed by atoms with Gasteiger partial charge in [-0.05, 0) is 12.1 Å². The van der Waals surface area contributed by atoms with Crippen molar-refractivity contribution in [1.29, 1.82) is 0 Å². The highest BCUT2D eigenvalue weighted by molar-refractivity contribution is 6.13. The normalized spacial score (nSPS) is 11.9. The first-order valence-corrected chi connectivity index (χ1v) is 7.46. The van der Waals surface area contributed by atoms with Crippen LogP contribution < -0.4 is 5.84 Å². The first kappa shape index (κ1) is 15.4. The molecule has 0 aliphatic heterocycles. The molecule has 2 aromatic heterocycles. The van der Waals surface area contributed by atoms with Gasteiger partial charge in [-0.25, -0.2) is 4.98 Å². The zero-order chi connectivity index (χ0) is 18.3. The third-order valence-corrected chi connectivity index (χ3v) is 3.93. The number of hydrazone groups is 1. The second kappa shape index (κ2) is 5.77. The van der Waals surface area contributed by atoms with Crippen LogP contribution in [0.1, 0.15) is 11.4 Å². The number of nitrogens with two attached hydrogens (primary N) is 1. The van der Waals surface area contributed by atoms with E-state index in [0.717, 1.165) is 10.9 Å². The summed E-state index contributed by atoms with van der Waals surface area (Å²) in [4.78, 5) is 17.8. The topological polar surface area (TPSA) is 156 Å². The Bertz CT molecular complexity index is 1200. The fraction of sp³-hybridized carbons (Fsp3) is 0. The highest BCUT2D eigenvalue weighted by Gasteiger charge is 2.23. The molecule has 2 heterocycles. The van der Waals surface area contributed by atoms with E-state index in [1.54, 1.807) is 0 Å². The Morgan fingerprint density at radius 1 is 1.19 bits per heavy atom. The van der Waals surface area contributed by atoms with E-state index in [2.05, 4.69) is 25.3 Å². The molecule has 0 amide bonds. The molecular formula is C16H11N7O3. The molecule has 4 aromatic rings. The lowest BCUT2D eigenvalue weighted by Gasteiger charge is -2.06. The Hall–Kier alpha value is -4.08. The first-order valence-electron chi connectivity index (χ1n) is 7.46. The maximum absolute atomic E-state index is 11.0. The van der Waals surface area contributed by atoms with Gasteiger partial charge in [0.25, 0.3) is 0 Å². The molecule has 4 rings (SSSR count). The van der Waals surface area contributed by atoms with Crippen molar-refractivity contribution in [2.45, 2.75) is 0 Å². The van der Waals surface area contributed by atoms with Crippen molar-refractivity contribution in [2.24, 2.45) is 10.9 Å². The fourth-order valence-electron chi connectivity index (χ4n) is 2.74. The average Bonchev–Trinajstić information content (AvgIpc) is 3.01. The molecule has 10 heteroatoms. The first-order chi connectivity index (χ1) is 12.6. The summed E-state index contributed by atoms with van der Waals surface area (Å²) in [6, 6.07) is 11.5. The summed E-state index contributed by atoms with van der Waals surface area (Å²) in [5.41, 5.74) is 1.43. The Balaban J connectivity index is 1.89. The molecule has 0 unspecified atom stereocenters. The number of nitro groups is 1. The number of aromatic amines is 1. The molecule has 4 N–H and O–H groups in total. The van der Waals surface area contributed by atoms with Gasteiger partial charge in [0, 0.05) is 17.0 Å². The molecule has 0 aliphatic carbocycles. The summed E-state index contributed by atoms with van der Waals surface area (Å²) >= 11 is 0. The highest BCUT2D eigenvalue weighted by Crippen LogP contribution is 2.31. The second-order valence-corrected chi connectivity index (χ2v) is 5.41. The van der Waals surface area contributed by atoms with Crippen LogP contribution in [0.15, 0.2) is 47.6 Å². The van der Waals surface area contributed by atoms with Crippen LogP contribution in [0.5, 0.6) is 5.75 Å². The van der Waals surface area contributed by atoms with Crippen LogP contribution in [0.4, 0.5) is 5.69 Å². The van der Waals surface area contributed by atoms with Crippen molar-refractivity contribution in [2.75, 3.05) is 0 Å². The van der Waals surface area contributed by atoms with Crippen LogP contribution >= 0.6 is 0 Å². The molecule has 0 atom stereocenters. The third-order valence-electron chi connectivity index (χ3n) is 3.93. The second-order valence-electron chi connectivity index (χ2n) is 5.41. The quantitative estimate of drug-likeness (QED) is 0.220. The number of nitrogens with zero attached hydrogens (tertiary/aromatic N) is 5. The number of H-pyrrole nitrogens is 1. The Labute approximate surface area is 145 Å². The number of nitro benzene ring substituents is 1. The zero-order valence-electron chi connectivity index (χ0n) is 13.1. The molecule has 26 heavy (non-hydrogen) atoms. The van der Waals surface area contributed by atoms with Crippen LogP contribution in [-0.2, 0) is 0 Å². The SMILES string of the molecule is N/N=C(/c1nnc2c(n1)[nH]c1ccccc12)c1cccc([N+](=O)[O-])c1O. The fourth-order valence-corrected chi connectivity index (χ4v) is 2.74. The Morgan fingerprint density at radius 3 is 2.77 bits per heavy atom. The van der Waals surface area contributed by atoms with Crippen LogP contribution in [0.2, 0.25) is 0 Å². The van der Waals surface area contributed by atoms with E-state index in [0.29, 0.717) is 11.2 Å². The molecular weight excluding hydrogens is 338 g/mol. The van der Waals surface area contributed by atoms with Crippen molar-refractivity contribution in [1.82, 2.24) is 20.2 Å². The van der Waals surface area contributed by atoms with Crippen LogP contribution in [-0.4, -0.2) is 35.9 Å². The summed E-state index contributed by atoms with van der Waals surface area (Å²) in [6.45, 7) is 0. The number of hydrogen-bond donors (Lipinski definition) is 3. The Morgan fingerprint density at radius 2 is 2.00 bits per heavy atom. The zero-order valence-corrected chi connectivity index (χ0v) is 13.1. The number of aromatic nitrogens is 4. The van der Waals surface area contributed by atoms with Gasteiger partial charge < -0.3 is 15.9 Å². The van der Waals surface area contributed by atoms with Crippen molar-refractivity contribution >= 4 is 33.5 Å². The van der Waals surface area contributed by atoms with E-state index >= 15 is 0 Å². The number of fused-ring (bicyclic) bond motifs is 3. The molecule has 0 aliphatic rings. The number of para-hydroxylation sites is 2. The van der Waals surface area contributed by atoms with Gasteiger partial charge in [-0.15, -0.1) is 10.2 Å². The van der Waals surface area contributed by atoms with Gasteiger partial charge >= 0.3 is 5.69 Å². The number of benzene rings is 2. The number of hydrogen-bond acceptors (Lipinski definition) is 8. The molecule has 0 fully saturated rings. The molecule has 0 bridgehead atoms. The van der Waals surface area contributed by atoms with Gasteiger partial charge in [0.15, 0.2) is 5.65 Å². The average molecular weight is 349 g/mol.